The van der Waals surface area contributed by atoms with Gasteiger partial charge in [0.15, 0.2) is 11.5 Å². The van der Waals surface area contributed by atoms with Crippen molar-refractivity contribution in [3.63, 3.8) is 0 Å². The molecule has 2 aliphatic rings. The van der Waals surface area contributed by atoms with Crippen LogP contribution in [0.4, 0.5) is 11.5 Å². The van der Waals surface area contributed by atoms with Crippen LogP contribution in [-0.2, 0) is 0 Å². The van der Waals surface area contributed by atoms with Crippen molar-refractivity contribution >= 4 is 11.5 Å². The Hall–Kier alpha value is -4.07. The largest absolute Gasteiger partial charge is 0.454 e. The molecule has 8 nitrogen and oxygen atoms in total. The number of anilines is 2. The summed E-state index contributed by atoms with van der Waals surface area (Å²) in [4.78, 5) is 13.9. The molecule has 32 heavy (non-hydrogen) atoms. The smallest absolute Gasteiger partial charge is 0.261 e. The SMILES string of the molecule is c1ccc(-c2noc(-c3cccnc3N3CCN(c4ccc5c(c4)OCO5)CC3)n2)cc1. The lowest BCUT2D eigenvalue weighted by molar-refractivity contribution is 0.174. The molecule has 2 aromatic heterocycles. The summed E-state index contributed by atoms with van der Waals surface area (Å²) in [6.07, 6.45) is 1.80. The normalized spacial score (nSPS) is 15.2. The Morgan fingerprint density at radius 3 is 2.47 bits per heavy atom. The lowest BCUT2D eigenvalue weighted by Crippen LogP contribution is -2.47. The highest BCUT2D eigenvalue weighted by atomic mass is 16.7. The average Bonchev–Trinajstić information content (AvgIpc) is 3.54. The highest BCUT2D eigenvalue weighted by Gasteiger charge is 2.24. The van der Waals surface area contributed by atoms with E-state index in [1.165, 1.54) is 0 Å². The topological polar surface area (TPSA) is 76.8 Å². The van der Waals surface area contributed by atoms with E-state index in [9.17, 15) is 0 Å². The molecule has 0 bridgehead atoms. The lowest BCUT2D eigenvalue weighted by Gasteiger charge is -2.37. The molecule has 8 heteroatoms. The molecule has 0 N–H and O–H groups in total. The zero-order valence-corrected chi connectivity index (χ0v) is 17.3. The molecule has 0 spiro atoms. The van der Waals surface area contributed by atoms with Gasteiger partial charge in [-0.15, -0.1) is 0 Å². The van der Waals surface area contributed by atoms with Crippen molar-refractivity contribution in [2.24, 2.45) is 0 Å². The van der Waals surface area contributed by atoms with Gasteiger partial charge in [0.05, 0.1) is 5.56 Å². The van der Waals surface area contributed by atoms with E-state index in [-0.39, 0.29) is 6.79 Å². The number of rotatable bonds is 4. The van der Waals surface area contributed by atoms with Gasteiger partial charge >= 0.3 is 0 Å². The van der Waals surface area contributed by atoms with Crippen molar-refractivity contribution in [1.29, 1.82) is 0 Å². The number of fused-ring (bicyclic) bond motifs is 1. The third-order valence-electron chi connectivity index (χ3n) is 5.78. The lowest BCUT2D eigenvalue weighted by atomic mass is 10.2. The monoisotopic (exact) mass is 427 g/mol. The van der Waals surface area contributed by atoms with Crippen LogP contribution in [0.25, 0.3) is 22.8 Å². The van der Waals surface area contributed by atoms with Crippen LogP contribution in [0.1, 0.15) is 0 Å². The van der Waals surface area contributed by atoms with Crippen LogP contribution in [0.5, 0.6) is 11.5 Å². The molecule has 0 amide bonds. The Kier molecular flexibility index (Phi) is 4.60. The van der Waals surface area contributed by atoms with Crippen molar-refractivity contribution in [3.8, 4) is 34.3 Å². The Balaban J connectivity index is 1.21. The molecule has 0 radical (unpaired) electrons. The van der Waals surface area contributed by atoms with E-state index in [2.05, 4.69) is 31.0 Å². The quantitative estimate of drug-likeness (QED) is 0.486. The first-order chi connectivity index (χ1) is 15.8. The molecule has 6 rings (SSSR count). The molecule has 1 saturated heterocycles. The van der Waals surface area contributed by atoms with Crippen LogP contribution >= 0.6 is 0 Å². The Bertz CT molecular complexity index is 1240. The molecular weight excluding hydrogens is 406 g/mol. The highest BCUT2D eigenvalue weighted by molar-refractivity contribution is 5.71. The van der Waals surface area contributed by atoms with Gasteiger partial charge in [-0.05, 0) is 24.3 Å². The summed E-state index contributed by atoms with van der Waals surface area (Å²) in [5.74, 6) is 3.52. The molecule has 160 valence electrons. The molecular formula is C24H21N5O3. The standard InChI is InChI=1S/C24H21N5O3/c1-2-5-17(6-3-1)22-26-24(32-27-22)19-7-4-10-25-23(19)29-13-11-28(12-14-29)18-8-9-20-21(15-18)31-16-30-20/h1-10,15H,11-14,16H2. The van der Waals surface area contributed by atoms with E-state index >= 15 is 0 Å². The Morgan fingerprint density at radius 2 is 1.59 bits per heavy atom. The van der Waals surface area contributed by atoms with Crippen molar-refractivity contribution in [2.75, 3.05) is 42.8 Å². The van der Waals surface area contributed by atoms with Crippen LogP contribution < -0.4 is 19.3 Å². The Morgan fingerprint density at radius 1 is 0.781 bits per heavy atom. The number of benzene rings is 2. The summed E-state index contributed by atoms with van der Waals surface area (Å²) in [6.45, 7) is 3.69. The maximum Gasteiger partial charge on any atom is 0.261 e. The predicted molar refractivity (Wildman–Crippen MR) is 120 cm³/mol. The van der Waals surface area contributed by atoms with E-state index < -0.39 is 0 Å². The number of hydrogen-bond donors (Lipinski definition) is 0. The zero-order chi connectivity index (χ0) is 21.3. The van der Waals surface area contributed by atoms with Gasteiger partial charge in [-0.1, -0.05) is 35.5 Å². The first kappa shape index (κ1) is 18.7. The second kappa shape index (κ2) is 7.88. The minimum Gasteiger partial charge on any atom is -0.454 e. The molecule has 0 unspecified atom stereocenters. The van der Waals surface area contributed by atoms with Crippen molar-refractivity contribution in [3.05, 3.63) is 66.9 Å². The second-order valence-electron chi connectivity index (χ2n) is 7.68. The number of ether oxygens (including phenoxy) is 2. The number of hydrogen-bond acceptors (Lipinski definition) is 8. The summed E-state index contributed by atoms with van der Waals surface area (Å²) in [7, 11) is 0. The number of piperazine rings is 1. The summed E-state index contributed by atoms with van der Waals surface area (Å²) in [5.41, 5.74) is 2.91. The first-order valence-corrected chi connectivity index (χ1v) is 10.6. The van der Waals surface area contributed by atoms with Gasteiger partial charge in [0.2, 0.25) is 12.6 Å². The summed E-state index contributed by atoms with van der Waals surface area (Å²) >= 11 is 0. The fraction of sp³-hybridized carbons (Fsp3) is 0.208. The van der Waals surface area contributed by atoms with Gasteiger partial charge in [-0.2, -0.15) is 4.98 Å². The van der Waals surface area contributed by atoms with Crippen LogP contribution in [0.2, 0.25) is 0 Å². The van der Waals surface area contributed by atoms with Crippen molar-refractivity contribution in [1.82, 2.24) is 15.1 Å². The molecule has 0 saturated carbocycles. The van der Waals surface area contributed by atoms with Crippen molar-refractivity contribution < 1.29 is 14.0 Å². The van der Waals surface area contributed by atoms with Crippen LogP contribution in [0.3, 0.4) is 0 Å². The molecule has 2 aliphatic heterocycles. The van der Waals surface area contributed by atoms with Gasteiger partial charge in [0.25, 0.3) is 5.89 Å². The molecule has 4 heterocycles. The molecule has 2 aromatic carbocycles. The molecule has 4 aromatic rings. The number of aromatic nitrogens is 3. The van der Waals surface area contributed by atoms with Gasteiger partial charge in [-0.25, -0.2) is 4.98 Å². The minimum atomic E-state index is 0.288. The van der Waals surface area contributed by atoms with Gasteiger partial charge < -0.3 is 23.8 Å². The fourth-order valence-corrected chi connectivity index (χ4v) is 4.11. The van der Waals surface area contributed by atoms with E-state index in [1.54, 1.807) is 6.20 Å². The van der Waals surface area contributed by atoms with E-state index in [0.717, 1.165) is 60.3 Å². The summed E-state index contributed by atoms with van der Waals surface area (Å²) < 4.78 is 16.6. The third kappa shape index (κ3) is 3.39. The highest BCUT2D eigenvalue weighted by Crippen LogP contribution is 2.36. The predicted octanol–water partition coefficient (Wildman–Crippen LogP) is 3.85. The molecule has 0 atom stereocenters. The Labute approximate surface area is 185 Å². The summed E-state index contributed by atoms with van der Waals surface area (Å²) in [5, 5.41) is 4.17. The van der Waals surface area contributed by atoms with Gasteiger partial charge in [0, 0.05) is 49.7 Å². The third-order valence-corrected chi connectivity index (χ3v) is 5.78. The second-order valence-corrected chi connectivity index (χ2v) is 7.68. The maximum absolute atomic E-state index is 5.61. The number of pyridine rings is 1. The molecule has 1 fully saturated rings. The van der Waals surface area contributed by atoms with Crippen LogP contribution in [-0.4, -0.2) is 48.1 Å². The number of nitrogens with zero attached hydrogens (tertiary/aromatic N) is 5. The van der Waals surface area contributed by atoms with Gasteiger partial charge in [0.1, 0.15) is 5.82 Å². The van der Waals surface area contributed by atoms with E-state index in [4.69, 9.17) is 14.0 Å². The molecule has 0 aliphatic carbocycles. The van der Waals surface area contributed by atoms with Crippen LogP contribution in [0, 0.1) is 0 Å². The fourth-order valence-electron chi connectivity index (χ4n) is 4.11. The van der Waals surface area contributed by atoms with E-state index in [0.29, 0.717) is 11.7 Å². The zero-order valence-electron chi connectivity index (χ0n) is 17.3. The minimum absolute atomic E-state index is 0.288. The van der Waals surface area contributed by atoms with Crippen LogP contribution in [0.15, 0.2) is 71.4 Å². The first-order valence-electron chi connectivity index (χ1n) is 10.6. The summed E-state index contributed by atoms with van der Waals surface area (Å²) in [6, 6.07) is 19.8. The van der Waals surface area contributed by atoms with E-state index in [1.807, 2.05) is 54.6 Å². The van der Waals surface area contributed by atoms with Gasteiger partial charge in [-0.3, -0.25) is 0 Å². The van der Waals surface area contributed by atoms with Crippen molar-refractivity contribution in [2.45, 2.75) is 0 Å². The average molecular weight is 427 g/mol. The maximum atomic E-state index is 5.61.